The highest BCUT2D eigenvalue weighted by molar-refractivity contribution is 9.11. The molecule has 12 heavy (non-hydrogen) atoms. The first-order valence-electron chi connectivity index (χ1n) is 3.56. The number of carboxylic acid groups (broad SMARTS) is 1. The lowest BCUT2D eigenvalue weighted by Crippen LogP contribution is -2.28. The Labute approximate surface area is 79.4 Å². The molecule has 1 aliphatic carbocycles. The summed E-state index contributed by atoms with van der Waals surface area (Å²) in [6, 6.07) is 0. The van der Waals surface area contributed by atoms with Crippen molar-refractivity contribution in [3.8, 4) is 0 Å². The number of hydrogen-bond acceptors (Lipinski definition) is 2. The molecule has 0 N–H and O–H groups in total. The van der Waals surface area contributed by atoms with Crippen LogP contribution in [0.3, 0.4) is 0 Å². The molecule has 1 atom stereocenters. The molecule has 0 bridgehead atoms. The van der Waals surface area contributed by atoms with Crippen molar-refractivity contribution in [1.29, 1.82) is 0 Å². The third-order valence-corrected chi connectivity index (χ3v) is 2.42. The first kappa shape index (κ1) is 9.26. The van der Waals surface area contributed by atoms with Crippen molar-refractivity contribution in [3.63, 3.8) is 0 Å². The number of carbonyl (C=O) groups is 1. The lowest BCUT2D eigenvalue weighted by Gasteiger charge is -2.20. The van der Waals surface area contributed by atoms with Crippen LogP contribution < -0.4 is 5.11 Å². The molecule has 0 spiro atoms. The summed E-state index contributed by atoms with van der Waals surface area (Å²) >= 11 is 3.17. The highest BCUT2D eigenvalue weighted by Gasteiger charge is 2.14. The lowest BCUT2D eigenvalue weighted by molar-refractivity contribution is -0.299. The van der Waals surface area contributed by atoms with Crippen LogP contribution in [0.2, 0.25) is 0 Å². The van der Waals surface area contributed by atoms with Crippen LogP contribution in [0.5, 0.6) is 0 Å². The van der Waals surface area contributed by atoms with Crippen molar-refractivity contribution in [2.24, 2.45) is 5.92 Å². The van der Waals surface area contributed by atoms with Crippen molar-refractivity contribution in [2.45, 2.75) is 6.92 Å². The van der Waals surface area contributed by atoms with Crippen molar-refractivity contribution >= 4 is 21.9 Å². The number of hydrogen-bond donors (Lipinski definition) is 0. The minimum Gasteiger partial charge on any atom is -0.545 e. The summed E-state index contributed by atoms with van der Waals surface area (Å²) in [6.45, 7) is 1.83. The summed E-state index contributed by atoms with van der Waals surface area (Å²) in [4.78, 5) is 12.3. The van der Waals surface area contributed by atoms with Crippen LogP contribution in [0.25, 0.3) is 0 Å². The Morgan fingerprint density at radius 2 is 2.42 bits per heavy atom. The van der Waals surface area contributed by atoms with Crippen molar-refractivity contribution in [1.82, 2.24) is 0 Å². The molecular weight excluding hydrogens is 220 g/mol. The molecule has 0 amide bonds. The molecule has 1 rings (SSSR count). The molecule has 0 fully saturated rings. The molecule has 64 valence electrons. The second kappa shape index (κ2) is 3.72. The maximum absolute atomic E-state index is 10.6. The molecule has 0 saturated carbocycles. The largest absolute Gasteiger partial charge is 0.545 e. The van der Waals surface area contributed by atoms with E-state index in [1.54, 1.807) is 17.1 Å². The normalized spacial score (nSPS) is 25.7. The number of carbonyl (C=O) groups excluding carboxylic acids is 1. The molecular formula is C9H8BrO2-. The van der Waals surface area contributed by atoms with Gasteiger partial charge >= 0.3 is 0 Å². The van der Waals surface area contributed by atoms with Crippen molar-refractivity contribution in [2.75, 3.05) is 0 Å². The highest BCUT2D eigenvalue weighted by atomic mass is 79.9. The molecule has 1 aliphatic rings. The van der Waals surface area contributed by atoms with Crippen LogP contribution in [-0.4, -0.2) is 5.97 Å². The van der Waals surface area contributed by atoms with E-state index in [9.17, 15) is 9.90 Å². The summed E-state index contributed by atoms with van der Waals surface area (Å²) in [6.07, 6.45) is 5.14. The average molecular weight is 228 g/mol. The Hall–Kier alpha value is -0.830. The predicted octanol–water partition coefficient (Wildman–Crippen LogP) is 1.15. The fourth-order valence-corrected chi connectivity index (χ4v) is 1.66. The van der Waals surface area contributed by atoms with Crippen LogP contribution in [0.1, 0.15) is 6.92 Å². The molecule has 0 aromatic rings. The molecule has 0 heterocycles. The van der Waals surface area contributed by atoms with Crippen molar-refractivity contribution < 1.29 is 9.90 Å². The van der Waals surface area contributed by atoms with E-state index in [0.29, 0.717) is 5.57 Å². The fraction of sp³-hybridized carbons (Fsp3) is 0.222. The van der Waals surface area contributed by atoms with Crippen LogP contribution in [0.4, 0.5) is 0 Å². The van der Waals surface area contributed by atoms with Gasteiger partial charge in [0.15, 0.2) is 0 Å². The van der Waals surface area contributed by atoms with Gasteiger partial charge in [-0.15, -0.1) is 0 Å². The van der Waals surface area contributed by atoms with Gasteiger partial charge in [-0.25, -0.2) is 0 Å². The zero-order valence-electron chi connectivity index (χ0n) is 6.58. The van der Waals surface area contributed by atoms with Gasteiger partial charge < -0.3 is 9.90 Å². The van der Waals surface area contributed by atoms with Gasteiger partial charge in [-0.3, -0.25) is 0 Å². The fourth-order valence-electron chi connectivity index (χ4n) is 1.11. The maximum atomic E-state index is 10.6. The minimum atomic E-state index is -1.10. The van der Waals surface area contributed by atoms with Gasteiger partial charge in [-0.05, 0) is 16.1 Å². The second-order valence-corrected chi connectivity index (χ2v) is 3.06. The van der Waals surface area contributed by atoms with E-state index in [-0.39, 0.29) is 5.92 Å². The van der Waals surface area contributed by atoms with Gasteiger partial charge in [-0.1, -0.05) is 41.1 Å². The van der Waals surface area contributed by atoms with Gasteiger partial charge in [-0.2, -0.15) is 0 Å². The van der Waals surface area contributed by atoms with E-state index in [4.69, 9.17) is 0 Å². The predicted molar refractivity (Wildman–Crippen MR) is 48.4 cm³/mol. The quantitative estimate of drug-likeness (QED) is 0.675. The van der Waals surface area contributed by atoms with Gasteiger partial charge in [0.25, 0.3) is 0 Å². The molecule has 2 nitrogen and oxygen atoms in total. The molecule has 0 aliphatic heterocycles. The maximum Gasteiger partial charge on any atom is 0.0680 e. The monoisotopic (exact) mass is 227 g/mol. The van der Waals surface area contributed by atoms with Crippen LogP contribution in [-0.2, 0) is 4.79 Å². The highest BCUT2D eigenvalue weighted by Crippen LogP contribution is 2.25. The Morgan fingerprint density at radius 3 is 2.92 bits per heavy atom. The van der Waals surface area contributed by atoms with E-state index in [1.807, 2.05) is 13.0 Å². The van der Waals surface area contributed by atoms with E-state index >= 15 is 0 Å². The average Bonchev–Trinajstić information content (AvgIpc) is 2.04. The van der Waals surface area contributed by atoms with Crippen LogP contribution >= 0.6 is 15.9 Å². The minimum absolute atomic E-state index is 0.0978. The third-order valence-electron chi connectivity index (χ3n) is 1.89. The van der Waals surface area contributed by atoms with Crippen LogP contribution in [0, 0.1) is 5.92 Å². The van der Waals surface area contributed by atoms with Gasteiger partial charge in [0.2, 0.25) is 0 Å². The van der Waals surface area contributed by atoms with E-state index in [2.05, 4.69) is 15.9 Å². The number of allylic oxidation sites excluding steroid dienone is 4. The number of halogens is 1. The van der Waals surface area contributed by atoms with E-state index in [0.717, 1.165) is 5.57 Å². The zero-order valence-corrected chi connectivity index (χ0v) is 8.17. The Kier molecular flexibility index (Phi) is 2.87. The molecule has 3 heteroatoms. The number of aliphatic carboxylic acids is 1. The lowest BCUT2D eigenvalue weighted by atomic mass is 9.90. The summed E-state index contributed by atoms with van der Waals surface area (Å²) < 4.78 is 0. The SMILES string of the molecule is CC1C(C(=O)[O-])=CC=C/C1=C\Br. The van der Waals surface area contributed by atoms with E-state index in [1.165, 1.54) is 0 Å². The van der Waals surface area contributed by atoms with Gasteiger partial charge in [0.1, 0.15) is 0 Å². The van der Waals surface area contributed by atoms with Crippen molar-refractivity contribution in [3.05, 3.63) is 34.4 Å². The van der Waals surface area contributed by atoms with E-state index < -0.39 is 5.97 Å². The molecule has 0 aromatic heterocycles. The van der Waals surface area contributed by atoms with Gasteiger partial charge in [0, 0.05) is 5.92 Å². The van der Waals surface area contributed by atoms with Crippen LogP contribution in [0.15, 0.2) is 34.4 Å². The summed E-state index contributed by atoms with van der Waals surface area (Å²) in [5.74, 6) is -1.20. The number of carboxylic acids is 1. The molecule has 0 aromatic carbocycles. The summed E-state index contributed by atoms with van der Waals surface area (Å²) in [5, 5.41) is 10.6. The Balaban J connectivity index is 2.98. The molecule has 1 unspecified atom stereocenters. The first-order valence-corrected chi connectivity index (χ1v) is 4.48. The summed E-state index contributed by atoms with van der Waals surface area (Å²) in [5.41, 5.74) is 1.26. The third kappa shape index (κ3) is 1.67. The van der Waals surface area contributed by atoms with Gasteiger partial charge in [0.05, 0.1) is 5.97 Å². The second-order valence-electron chi connectivity index (χ2n) is 2.60. The summed E-state index contributed by atoms with van der Waals surface area (Å²) in [7, 11) is 0. The zero-order chi connectivity index (χ0) is 9.14. The standard InChI is InChI=1S/C9H9BrO2/c1-6-7(5-10)3-2-4-8(6)9(11)12/h2-6H,1H3,(H,11,12)/p-1/b7-5+. The Bertz CT molecular complexity index is 287. The molecule has 0 radical (unpaired) electrons. The number of rotatable bonds is 1. The Morgan fingerprint density at radius 1 is 1.75 bits per heavy atom. The smallest absolute Gasteiger partial charge is 0.0680 e. The first-order chi connectivity index (χ1) is 5.66. The molecule has 0 saturated heterocycles. The topological polar surface area (TPSA) is 40.1 Å².